The Morgan fingerprint density at radius 1 is 1.35 bits per heavy atom. The number of halogens is 4. The van der Waals surface area contributed by atoms with Gasteiger partial charge in [0.25, 0.3) is 0 Å². The summed E-state index contributed by atoms with van der Waals surface area (Å²) in [6, 6.07) is 2.85. The van der Waals surface area contributed by atoms with Crippen LogP contribution < -0.4 is 11.1 Å². The molecular formula is C10H10ClF3N2O. The lowest BCUT2D eigenvalue weighted by atomic mass is 10.2. The highest BCUT2D eigenvalue weighted by molar-refractivity contribution is 6.31. The molecule has 7 heteroatoms. The summed E-state index contributed by atoms with van der Waals surface area (Å²) >= 11 is 5.54. The molecule has 0 aromatic heterocycles. The molecule has 0 saturated heterocycles. The van der Waals surface area contributed by atoms with E-state index in [1.54, 1.807) is 0 Å². The largest absolute Gasteiger partial charge is 0.416 e. The number of anilines is 1. The van der Waals surface area contributed by atoms with Gasteiger partial charge in [-0.15, -0.1) is 0 Å². The fourth-order valence-corrected chi connectivity index (χ4v) is 1.42. The van der Waals surface area contributed by atoms with Gasteiger partial charge < -0.3 is 11.1 Å². The maximum absolute atomic E-state index is 12.4. The number of benzene rings is 1. The summed E-state index contributed by atoms with van der Waals surface area (Å²) in [5.74, 6) is -0.456. The van der Waals surface area contributed by atoms with Crippen molar-refractivity contribution in [2.24, 2.45) is 5.73 Å². The summed E-state index contributed by atoms with van der Waals surface area (Å²) in [7, 11) is 0. The van der Waals surface area contributed by atoms with Crippen molar-refractivity contribution < 1.29 is 18.0 Å². The van der Waals surface area contributed by atoms with E-state index in [2.05, 4.69) is 5.32 Å². The molecule has 0 heterocycles. The van der Waals surface area contributed by atoms with E-state index in [1.807, 2.05) is 0 Å². The summed E-state index contributed by atoms with van der Waals surface area (Å²) < 4.78 is 37.3. The topological polar surface area (TPSA) is 55.1 Å². The van der Waals surface area contributed by atoms with Gasteiger partial charge in [0.1, 0.15) is 0 Å². The van der Waals surface area contributed by atoms with E-state index in [4.69, 9.17) is 17.3 Å². The van der Waals surface area contributed by atoms with Gasteiger partial charge in [0.15, 0.2) is 0 Å². The van der Waals surface area contributed by atoms with Crippen molar-refractivity contribution in [1.29, 1.82) is 0 Å². The Morgan fingerprint density at radius 2 is 2.00 bits per heavy atom. The third kappa shape index (κ3) is 4.24. The fraction of sp³-hybridized carbons (Fsp3) is 0.300. The van der Waals surface area contributed by atoms with E-state index < -0.39 is 17.6 Å². The molecule has 0 saturated carbocycles. The van der Waals surface area contributed by atoms with Crippen molar-refractivity contribution >= 4 is 23.2 Å². The molecule has 0 aliphatic carbocycles. The second kappa shape index (κ2) is 5.37. The minimum atomic E-state index is -4.50. The Balaban J connectivity index is 2.94. The van der Waals surface area contributed by atoms with Crippen LogP contribution in [0.2, 0.25) is 5.02 Å². The van der Waals surface area contributed by atoms with Crippen LogP contribution >= 0.6 is 11.6 Å². The molecule has 1 amide bonds. The van der Waals surface area contributed by atoms with Gasteiger partial charge in [0.2, 0.25) is 5.91 Å². The number of alkyl halides is 3. The van der Waals surface area contributed by atoms with Crippen LogP contribution in [0.4, 0.5) is 18.9 Å². The molecule has 94 valence electrons. The van der Waals surface area contributed by atoms with Gasteiger partial charge in [-0.2, -0.15) is 13.2 Å². The molecule has 3 nitrogen and oxygen atoms in total. The van der Waals surface area contributed by atoms with Crippen molar-refractivity contribution in [3.63, 3.8) is 0 Å². The first kappa shape index (κ1) is 13.8. The van der Waals surface area contributed by atoms with E-state index >= 15 is 0 Å². The van der Waals surface area contributed by atoms with Gasteiger partial charge >= 0.3 is 6.18 Å². The van der Waals surface area contributed by atoms with Gasteiger partial charge in [0, 0.05) is 23.7 Å². The number of amides is 1. The summed E-state index contributed by atoms with van der Waals surface area (Å²) in [5.41, 5.74) is 4.24. The SMILES string of the molecule is NCCC(=O)Nc1cc(Cl)cc(C(F)(F)F)c1. The molecule has 0 aliphatic rings. The smallest absolute Gasteiger partial charge is 0.330 e. The van der Waals surface area contributed by atoms with Crippen LogP contribution in [0.1, 0.15) is 12.0 Å². The van der Waals surface area contributed by atoms with Crippen LogP contribution in [0.15, 0.2) is 18.2 Å². The zero-order valence-corrected chi connectivity index (χ0v) is 9.40. The molecule has 0 bridgehead atoms. The van der Waals surface area contributed by atoms with Gasteiger partial charge in [-0.3, -0.25) is 4.79 Å². The monoisotopic (exact) mass is 266 g/mol. The van der Waals surface area contributed by atoms with Gasteiger partial charge in [-0.05, 0) is 18.2 Å². The standard InChI is InChI=1S/C10H10ClF3N2O/c11-7-3-6(10(12,13)14)4-8(5-7)16-9(17)1-2-15/h3-5H,1-2,15H2,(H,16,17). The summed E-state index contributed by atoms with van der Waals surface area (Å²) in [5, 5.41) is 2.20. The number of hydrogen-bond donors (Lipinski definition) is 2. The molecule has 0 fully saturated rings. The van der Waals surface area contributed by atoms with Crippen LogP contribution in [-0.4, -0.2) is 12.5 Å². The molecule has 17 heavy (non-hydrogen) atoms. The zero-order chi connectivity index (χ0) is 13.1. The van der Waals surface area contributed by atoms with E-state index in [-0.39, 0.29) is 23.7 Å². The third-order valence-corrected chi connectivity index (χ3v) is 2.10. The molecule has 1 aromatic carbocycles. The molecule has 0 unspecified atom stereocenters. The molecular weight excluding hydrogens is 257 g/mol. The van der Waals surface area contributed by atoms with Crippen LogP contribution in [0.3, 0.4) is 0 Å². The Labute approximate surface area is 101 Å². The van der Waals surface area contributed by atoms with Crippen LogP contribution in [-0.2, 0) is 11.0 Å². The number of carbonyl (C=O) groups excluding carboxylic acids is 1. The lowest BCUT2D eigenvalue weighted by Crippen LogP contribution is -2.16. The lowest BCUT2D eigenvalue weighted by molar-refractivity contribution is -0.137. The summed E-state index contributed by atoms with van der Waals surface area (Å²) in [4.78, 5) is 11.2. The van der Waals surface area contributed by atoms with Crippen LogP contribution in [0, 0.1) is 0 Å². The molecule has 0 spiro atoms. The van der Waals surface area contributed by atoms with E-state index in [0.29, 0.717) is 0 Å². The number of carbonyl (C=O) groups is 1. The van der Waals surface area contributed by atoms with Gasteiger partial charge in [-0.25, -0.2) is 0 Å². The zero-order valence-electron chi connectivity index (χ0n) is 8.64. The number of nitrogens with two attached hydrogens (primary N) is 1. The molecule has 0 aliphatic heterocycles. The molecule has 0 atom stereocenters. The van der Waals surface area contributed by atoms with Crippen LogP contribution in [0.5, 0.6) is 0 Å². The van der Waals surface area contributed by atoms with Crippen LogP contribution in [0.25, 0.3) is 0 Å². The lowest BCUT2D eigenvalue weighted by Gasteiger charge is -2.10. The predicted octanol–water partition coefficient (Wildman–Crippen LogP) is 2.65. The first-order valence-electron chi connectivity index (χ1n) is 4.70. The maximum atomic E-state index is 12.4. The normalized spacial score (nSPS) is 11.4. The van der Waals surface area contributed by atoms with Crippen molar-refractivity contribution in [2.75, 3.05) is 11.9 Å². The third-order valence-electron chi connectivity index (χ3n) is 1.88. The molecule has 1 rings (SSSR count). The van der Waals surface area contributed by atoms with Crippen molar-refractivity contribution in [2.45, 2.75) is 12.6 Å². The minimum absolute atomic E-state index is 0.00303. The van der Waals surface area contributed by atoms with E-state index in [1.165, 1.54) is 6.07 Å². The minimum Gasteiger partial charge on any atom is -0.330 e. The van der Waals surface area contributed by atoms with E-state index in [9.17, 15) is 18.0 Å². The molecule has 1 aromatic rings. The first-order chi connectivity index (χ1) is 7.82. The summed E-state index contributed by atoms with van der Waals surface area (Å²) in [6.07, 6.45) is -4.47. The Hall–Kier alpha value is -1.27. The number of rotatable bonds is 3. The predicted molar refractivity (Wildman–Crippen MR) is 58.8 cm³/mol. The highest BCUT2D eigenvalue weighted by Gasteiger charge is 2.31. The number of nitrogens with one attached hydrogen (secondary N) is 1. The van der Waals surface area contributed by atoms with E-state index in [0.717, 1.165) is 12.1 Å². The average molecular weight is 267 g/mol. The van der Waals surface area contributed by atoms with Crippen molar-refractivity contribution in [3.8, 4) is 0 Å². The van der Waals surface area contributed by atoms with Gasteiger partial charge in [0.05, 0.1) is 5.56 Å². The number of hydrogen-bond acceptors (Lipinski definition) is 2. The highest BCUT2D eigenvalue weighted by Crippen LogP contribution is 2.33. The fourth-order valence-electron chi connectivity index (χ4n) is 1.18. The maximum Gasteiger partial charge on any atom is 0.416 e. The Bertz CT molecular complexity index is 421. The van der Waals surface area contributed by atoms with Gasteiger partial charge in [-0.1, -0.05) is 11.6 Å². The van der Waals surface area contributed by atoms with Crippen molar-refractivity contribution in [1.82, 2.24) is 0 Å². The summed E-state index contributed by atoms with van der Waals surface area (Å²) in [6.45, 7) is 0.124. The Morgan fingerprint density at radius 3 is 2.53 bits per heavy atom. The average Bonchev–Trinajstić information content (AvgIpc) is 2.15. The molecule has 0 radical (unpaired) electrons. The molecule has 3 N–H and O–H groups in total. The quantitative estimate of drug-likeness (QED) is 0.884. The highest BCUT2D eigenvalue weighted by atomic mass is 35.5. The second-order valence-corrected chi connectivity index (χ2v) is 3.75. The Kier molecular flexibility index (Phi) is 4.36. The second-order valence-electron chi connectivity index (χ2n) is 3.31. The van der Waals surface area contributed by atoms with Crippen molar-refractivity contribution in [3.05, 3.63) is 28.8 Å². The first-order valence-corrected chi connectivity index (χ1v) is 5.08.